The number of halogens is 1. The third-order valence-corrected chi connectivity index (χ3v) is 5.61. The van der Waals surface area contributed by atoms with Crippen molar-refractivity contribution >= 4 is 22.9 Å². The third kappa shape index (κ3) is 3.68. The van der Waals surface area contributed by atoms with Gasteiger partial charge >= 0.3 is 0 Å². The van der Waals surface area contributed by atoms with E-state index in [-0.39, 0.29) is 0 Å². The highest BCUT2D eigenvalue weighted by Crippen LogP contribution is 2.31. The van der Waals surface area contributed by atoms with Crippen LogP contribution >= 0.6 is 22.9 Å². The maximum absolute atomic E-state index is 6.08. The Morgan fingerprint density at radius 3 is 2.48 bits per heavy atom. The lowest BCUT2D eigenvalue weighted by Crippen LogP contribution is -2.38. The fraction of sp³-hybridized carbons (Fsp3) is 0.444. The van der Waals surface area contributed by atoms with Gasteiger partial charge in [-0.1, -0.05) is 42.8 Å². The zero-order valence-electron chi connectivity index (χ0n) is 12.4. The number of nitrogens with one attached hydrogen (secondary N) is 1. The van der Waals surface area contributed by atoms with Gasteiger partial charge in [-0.05, 0) is 61.4 Å². The van der Waals surface area contributed by atoms with E-state index >= 15 is 0 Å². The molecule has 3 rings (SSSR count). The minimum Gasteiger partial charge on any atom is -0.313 e. The summed E-state index contributed by atoms with van der Waals surface area (Å²) >= 11 is 7.80. The molecule has 0 saturated carbocycles. The molecule has 1 N–H and O–H groups in total. The fourth-order valence-electron chi connectivity index (χ4n) is 3.29. The SMILES string of the molecule is CCCNC(Cc1ccc(Cl)s1)C1Cc2ccccc2C1. The number of hydrogen-bond donors (Lipinski definition) is 1. The van der Waals surface area contributed by atoms with Gasteiger partial charge in [0.1, 0.15) is 0 Å². The van der Waals surface area contributed by atoms with E-state index in [2.05, 4.69) is 42.6 Å². The maximum Gasteiger partial charge on any atom is 0.0931 e. The Hall–Kier alpha value is -0.830. The van der Waals surface area contributed by atoms with Gasteiger partial charge in [0.25, 0.3) is 0 Å². The predicted octanol–water partition coefficient (Wildman–Crippen LogP) is 4.73. The van der Waals surface area contributed by atoms with Gasteiger partial charge in [0.15, 0.2) is 0 Å². The first kappa shape index (κ1) is 15.1. The first-order valence-corrected chi connectivity index (χ1v) is 9.00. The number of thiophene rings is 1. The largest absolute Gasteiger partial charge is 0.313 e. The molecule has 21 heavy (non-hydrogen) atoms. The van der Waals surface area contributed by atoms with Gasteiger partial charge in [-0.25, -0.2) is 0 Å². The Bertz CT molecular complexity index is 567. The summed E-state index contributed by atoms with van der Waals surface area (Å²) in [5.41, 5.74) is 3.07. The van der Waals surface area contributed by atoms with Crippen molar-refractivity contribution in [3.8, 4) is 0 Å². The molecule has 1 unspecified atom stereocenters. The predicted molar refractivity (Wildman–Crippen MR) is 92.5 cm³/mol. The van der Waals surface area contributed by atoms with Gasteiger partial charge in [-0.2, -0.15) is 0 Å². The normalized spacial score (nSPS) is 16.1. The van der Waals surface area contributed by atoms with Gasteiger partial charge in [-0.15, -0.1) is 11.3 Å². The van der Waals surface area contributed by atoms with Crippen molar-refractivity contribution in [2.24, 2.45) is 5.92 Å². The molecule has 0 spiro atoms. The molecule has 2 aromatic rings. The van der Waals surface area contributed by atoms with E-state index in [1.165, 1.54) is 35.3 Å². The molecule has 0 radical (unpaired) electrons. The van der Waals surface area contributed by atoms with E-state index in [0.29, 0.717) is 12.0 Å². The first-order chi connectivity index (χ1) is 10.3. The molecule has 1 aromatic heterocycles. The summed E-state index contributed by atoms with van der Waals surface area (Å²) in [7, 11) is 0. The Kier molecular flexibility index (Phi) is 4.99. The van der Waals surface area contributed by atoms with Crippen LogP contribution in [-0.2, 0) is 19.3 Å². The second-order valence-electron chi connectivity index (χ2n) is 5.91. The van der Waals surface area contributed by atoms with Gasteiger partial charge in [0, 0.05) is 10.9 Å². The number of benzene rings is 1. The summed E-state index contributed by atoms with van der Waals surface area (Å²) in [6, 6.07) is 13.6. The van der Waals surface area contributed by atoms with Crippen LogP contribution in [0.5, 0.6) is 0 Å². The molecule has 1 aliphatic carbocycles. The lowest BCUT2D eigenvalue weighted by Gasteiger charge is -2.24. The molecule has 0 fully saturated rings. The van der Waals surface area contributed by atoms with Crippen LogP contribution in [0.15, 0.2) is 36.4 Å². The summed E-state index contributed by atoms with van der Waals surface area (Å²) in [4.78, 5) is 1.39. The van der Waals surface area contributed by atoms with Crippen molar-refractivity contribution in [3.63, 3.8) is 0 Å². The minimum absolute atomic E-state index is 0.548. The molecule has 0 saturated heterocycles. The quantitative estimate of drug-likeness (QED) is 0.812. The molecule has 0 aliphatic heterocycles. The van der Waals surface area contributed by atoms with Crippen LogP contribution in [0, 0.1) is 5.92 Å². The van der Waals surface area contributed by atoms with Crippen LogP contribution in [0.3, 0.4) is 0 Å². The summed E-state index contributed by atoms with van der Waals surface area (Å²) in [6.07, 6.45) is 4.69. The number of fused-ring (bicyclic) bond motifs is 1. The van der Waals surface area contributed by atoms with Gasteiger partial charge in [0.05, 0.1) is 4.34 Å². The van der Waals surface area contributed by atoms with Gasteiger partial charge in [-0.3, -0.25) is 0 Å². The summed E-state index contributed by atoms with van der Waals surface area (Å²) in [5.74, 6) is 0.704. The summed E-state index contributed by atoms with van der Waals surface area (Å²) < 4.78 is 0.897. The van der Waals surface area contributed by atoms with Crippen LogP contribution in [0.2, 0.25) is 4.34 Å². The van der Waals surface area contributed by atoms with E-state index in [9.17, 15) is 0 Å². The third-order valence-electron chi connectivity index (χ3n) is 4.36. The molecular formula is C18H22ClNS. The molecule has 1 aliphatic rings. The van der Waals surface area contributed by atoms with Crippen molar-refractivity contribution < 1.29 is 0 Å². The molecule has 1 atom stereocenters. The highest BCUT2D eigenvalue weighted by atomic mass is 35.5. The molecule has 1 heterocycles. The van der Waals surface area contributed by atoms with Gasteiger partial charge < -0.3 is 5.32 Å². The highest BCUT2D eigenvalue weighted by Gasteiger charge is 2.28. The summed E-state index contributed by atoms with van der Waals surface area (Å²) in [5, 5.41) is 3.77. The average molecular weight is 320 g/mol. The second-order valence-corrected chi connectivity index (χ2v) is 7.71. The lowest BCUT2D eigenvalue weighted by atomic mass is 9.93. The molecule has 0 amide bonds. The zero-order chi connectivity index (χ0) is 14.7. The average Bonchev–Trinajstić information content (AvgIpc) is 3.09. The lowest BCUT2D eigenvalue weighted by molar-refractivity contribution is 0.363. The van der Waals surface area contributed by atoms with Crippen LogP contribution in [0.4, 0.5) is 0 Å². The fourth-order valence-corrected chi connectivity index (χ4v) is 4.44. The van der Waals surface area contributed by atoms with Gasteiger partial charge in [0.2, 0.25) is 0 Å². The Labute approximate surface area is 136 Å². The Morgan fingerprint density at radius 1 is 1.19 bits per heavy atom. The van der Waals surface area contributed by atoms with E-state index in [1.807, 2.05) is 6.07 Å². The van der Waals surface area contributed by atoms with Crippen molar-refractivity contribution in [2.45, 2.75) is 38.6 Å². The van der Waals surface area contributed by atoms with Crippen molar-refractivity contribution in [2.75, 3.05) is 6.54 Å². The molecular weight excluding hydrogens is 298 g/mol. The number of hydrogen-bond acceptors (Lipinski definition) is 2. The van der Waals surface area contributed by atoms with E-state index in [4.69, 9.17) is 11.6 Å². The smallest absolute Gasteiger partial charge is 0.0931 e. The Morgan fingerprint density at radius 2 is 1.90 bits per heavy atom. The molecule has 112 valence electrons. The molecule has 3 heteroatoms. The van der Waals surface area contributed by atoms with Crippen LogP contribution in [0.1, 0.15) is 29.3 Å². The number of rotatable bonds is 6. The minimum atomic E-state index is 0.548. The van der Waals surface area contributed by atoms with Crippen molar-refractivity contribution in [1.82, 2.24) is 5.32 Å². The highest BCUT2D eigenvalue weighted by molar-refractivity contribution is 7.16. The topological polar surface area (TPSA) is 12.0 Å². The van der Waals surface area contributed by atoms with E-state index < -0.39 is 0 Å². The van der Waals surface area contributed by atoms with Crippen LogP contribution in [-0.4, -0.2) is 12.6 Å². The molecule has 1 aromatic carbocycles. The zero-order valence-corrected chi connectivity index (χ0v) is 14.0. The van der Waals surface area contributed by atoms with E-state index in [1.54, 1.807) is 11.3 Å². The van der Waals surface area contributed by atoms with Crippen molar-refractivity contribution in [3.05, 3.63) is 56.7 Å². The van der Waals surface area contributed by atoms with E-state index in [0.717, 1.165) is 17.3 Å². The van der Waals surface area contributed by atoms with Crippen LogP contribution < -0.4 is 5.32 Å². The molecule has 1 nitrogen and oxygen atoms in total. The van der Waals surface area contributed by atoms with Crippen molar-refractivity contribution in [1.29, 1.82) is 0 Å². The standard InChI is InChI=1S/C18H22ClNS/c1-2-9-20-17(12-16-7-8-18(19)21-16)15-10-13-5-3-4-6-14(13)11-15/h3-8,15,17,20H,2,9-12H2,1H3. The second kappa shape index (κ2) is 6.95. The maximum atomic E-state index is 6.08. The van der Waals surface area contributed by atoms with Crippen LogP contribution in [0.25, 0.3) is 0 Å². The monoisotopic (exact) mass is 319 g/mol. The summed E-state index contributed by atoms with van der Waals surface area (Å²) in [6.45, 7) is 3.33. The Balaban J connectivity index is 1.71. The first-order valence-electron chi connectivity index (χ1n) is 7.80. The molecule has 0 bridgehead atoms.